The Kier molecular flexibility index (Phi) is 5.77. The van der Waals surface area contributed by atoms with E-state index in [1.807, 2.05) is 0 Å². The van der Waals surface area contributed by atoms with Gasteiger partial charge >= 0.3 is 0 Å². The van der Waals surface area contributed by atoms with Gasteiger partial charge in [0, 0.05) is 26.1 Å². The zero-order valence-electron chi connectivity index (χ0n) is 10.5. The third-order valence-corrected chi connectivity index (χ3v) is 3.52. The van der Waals surface area contributed by atoms with E-state index in [2.05, 4.69) is 11.8 Å². The molecule has 0 aromatic rings. The van der Waals surface area contributed by atoms with E-state index in [-0.39, 0.29) is 5.84 Å². The summed E-state index contributed by atoms with van der Waals surface area (Å²) in [7, 11) is 1.80. The van der Waals surface area contributed by atoms with Crippen LogP contribution in [0.15, 0.2) is 0 Å². The van der Waals surface area contributed by atoms with Gasteiger partial charge in [-0.15, -0.1) is 0 Å². The molecule has 2 atom stereocenters. The first kappa shape index (κ1) is 13.5. The predicted octanol–water partition coefficient (Wildman–Crippen LogP) is 1.59. The minimum atomic E-state index is 0.289. The van der Waals surface area contributed by atoms with Crippen LogP contribution in [0.5, 0.6) is 0 Å². The van der Waals surface area contributed by atoms with Crippen LogP contribution < -0.4 is 5.73 Å². The highest BCUT2D eigenvalue weighted by atomic mass is 16.5. The molecule has 0 spiro atoms. The average Bonchev–Trinajstić information content (AvgIpc) is 2.30. The Balaban J connectivity index is 2.41. The van der Waals surface area contributed by atoms with Crippen molar-refractivity contribution in [1.82, 2.24) is 4.90 Å². The van der Waals surface area contributed by atoms with Crippen LogP contribution >= 0.6 is 0 Å². The Bertz CT molecular complexity index is 220. The summed E-state index contributed by atoms with van der Waals surface area (Å²) in [4.78, 5) is 2.44. The van der Waals surface area contributed by atoms with Crippen LogP contribution in [-0.4, -0.2) is 43.1 Å². The largest absolute Gasteiger partial charge is 0.388 e. The zero-order chi connectivity index (χ0) is 12.0. The molecule has 4 heteroatoms. The van der Waals surface area contributed by atoms with Crippen molar-refractivity contribution in [3.05, 3.63) is 0 Å². The van der Waals surface area contributed by atoms with Crippen molar-refractivity contribution < 1.29 is 4.74 Å². The molecule has 1 aliphatic rings. The van der Waals surface area contributed by atoms with Crippen molar-refractivity contribution in [3.8, 4) is 0 Å². The molecule has 3 N–H and O–H groups in total. The molecule has 1 saturated carbocycles. The second-order valence-electron chi connectivity index (χ2n) is 4.58. The Morgan fingerprint density at radius 3 is 2.81 bits per heavy atom. The normalized spacial score (nSPS) is 25.9. The number of hydrogen-bond acceptors (Lipinski definition) is 3. The number of rotatable bonds is 6. The molecule has 0 bridgehead atoms. The van der Waals surface area contributed by atoms with E-state index in [0.717, 1.165) is 19.5 Å². The molecule has 0 saturated heterocycles. The summed E-state index contributed by atoms with van der Waals surface area (Å²) in [5.74, 6) is 0.289. The molecule has 4 nitrogen and oxygen atoms in total. The zero-order valence-corrected chi connectivity index (χ0v) is 10.5. The summed E-state index contributed by atoms with van der Waals surface area (Å²) in [5, 5.41) is 7.28. The van der Waals surface area contributed by atoms with Gasteiger partial charge in [-0.05, 0) is 32.2 Å². The quantitative estimate of drug-likeness (QED) is 0.535. The van der Waals surface area contributed by atoms with Crippen LogP contribution in [0.2, 0.25) is 0 Å². The average molecular weight is 227 g/mol. The van der Waals surface area contributed by atoms with E-state index in [4.69, 9.17) is 15.9 Å². The third kappa shape index (κ3) is 4.10. The number of nitrogens with two attached hydrogens (primary N) is 1. The number of amidine groups is 1. The van der Waals surface area contributed by atoms with Crippen molar-refractivity contribution >= 4 is 5.84 Å². The summed E-state index contributed by atoms with van der Waals surface area (Å²) < 4.78 is 5.45. The molecule has 1 fully saturated rings. The number of nitrogens with zero attached hydrogens (tertiary/aromatic N) is 1. The number of hydrogen-bond donors (Lipinski definition) is 2. The molecule has 0 amide bonds. The molecule has 0 heterocycles. The summed E-state index contributed by atoms with van der Waals surface area (Å²) in [6.07, 6.45) is 5.93. The standard InChI is InChI=1S/C12H25N3O/c1-3-15(8-7-12(13)14)10-5-4-6-11(9-10)16-2/h10-11H,3-9H2,1-2H3,(H3,13,14). The minimum absolute atomic E-state index is 0.289. The Morgan fingerprint density at radius 1 is 1.50 bits per heavy atom. The highest BCUT2D eigenvalue weighted by Gasteiger charge is 2.25. The fraction of sp³-hybridized carbons (Fsp3) is 0.917. The maximum absolute atomic E-state index is 7.28. The van der Waals surface area contributed by atoms with Crippen molar-refractivity contribution in [3.63, 3.8) is 0 Å². The Morgan fingerprint density at radius 2 is 2.25 bits per heavy atom. The maximum Gasteiger partial charge on any atom is 0.0918 e. The van der Waals surface area contributed by atoms with Crippen LogP contribution in [0, 0.1) is 5.41 Å². The van der Waals surface area contributed by atoms with Gasteiger partial charge in [0.05, 0.1) is 11.9 Å². The highest BCUT2D eigenvalue weighted by molar-refractivity contribution is 5.76. The van der Waals surface area contributed by atoms with Gasteiger partial charge in [-0.25, -0.2) is 0 Å². The summed E-state index contributed by atoms with van der Waals surface area (Å²) in [5.41, 5.74) is 5.41. The fourth-order valence-electron chi connectivity index (χ4n) is 2.53. The van der Waals surface area contributed by atoms with Crippen molar-refractivity contribution in [1.29, 1.82) is 5.41 Å². The van der Waals surface area contributed by atoms with Gasteiger partial charge in [-0.1, -0.05) is 6.92 Å². The molecular weight excluding hydrogens is 202 g/mol. The lowest BCUT2D eigenvalue weighted by Gasteiger charge is -2.36. The van der Waals surface area contributed by atoms with Gasteiger partial charge in [0.1, 0.15) is 0 Å². The van der Waals surface area contributed by atoms with Gasteiger partial charge in [-0.3, -0.25) is 5.41 Å². The SMILES string of the molecule is CCN(CCC(=N)N)C1CCCC(OC)C1. The highest BCUT2D eigenvalue weighted by Crippen LogP contribution is 2.24. The topological polar surface area (TPSA) is 62.3 Å². The second kappa shape index (κ2) is 6.86. The van der Waals surface area contributed by atoms with E-state index in [1.165, 1.54) is 19.3 Å². The summed E-state index contributed by atoms with van der Waals surface area (Å²) in [6, 6.07) is 0.614. The first-order chi connectivity index (χ1) is 7.67. The van der Waals surface area contributed by atoms with E-state index in [1.54, 1.807) is 7.11 Å². The molecule has 94 valence electrons. The van der Waals surface area contributed by atoms with Gasteiger partial charge in [-0.2, -0.15) is 0 Å². The summed E-state index contributed by atoms with van der Waals surface area (Å²) >= 11 is 0. The molecule has 2 unspecified atom stereocenters. The maximum atomic E-state index is 7.28. The van der Waals surface area contributed by atoms with Crippen LogP contribution in [-0.2, 0) is 4.74 Å². The van der Waals surface area contributed by atoms with Crippen molar-refractivity contribution in [2.45, 2.75) is 51.2 Å². The Hall–Kier alpha value is -0.610. The van der Waals surface area contributed by atoms with Crippen LogP contribution in [0.1, 0.15) is 39.0 Å². The molecule has 0 aliphatic heterocycles. The first-order valence-electron chi connectivity index (χ1n) is 6.27. The van der Waals surface area contributed by atoms with E-state index >= 15 is 0 Å². The van der Waals surface area contributed by atoms with Crippen molar-refractivity contribution in [2.24, 2.45) is 5.73 Å². The molecule has 16 heavy (non-hydrogen) atoms. The minimum Gasteiger partial charge on any atom is -0.388 e. The summed E-state index contributed by atoms with van der Waals surface area (Å²) in [6.45, 7) is 4.12. The molecule has 0 aromatic carbocycles. The van der Waals surface area contributed by atoms with Gasteiger partial charge in [0.2, 0.25) is 0 Å². The van der Waals surface area contributed by atoms with Crippen LogP contribution in [0.4, 0.5) is 0 Å². The molecule has 0 radical (unpaired) electrons. The molecule has 1 rings (SSSR count). The fourth-order valence-corrected chi connectivity index (χ4v) is 2.53. The van der Waals surface area contributed by atoms with Gasteiger partial charge in [0.25, 0.3) is 0 Å². The second-order valence-corrected chi connectivity index (χ2v) is 4.58. The molecular formula is C12H25N3O. The lowest BCUT2D eigenvalue weighted by Crippen LogP contribution is -2.41. The molecule has 1 aliphatic carbocycles. The van der Waals surface area contributed by atoms with Crippen LogP contribution in [0.25, 0.3) is 0 Å². The molecule has 0 aromatic heterocycles. The van der Waals surface area contributed by atoms with Gasteiger partial charge < -0.3 is 15.4 Å². The number of nitrogens with one attached hydrogen (secondary N) is 1. The first-order valence-corrected chi connectivity index (χ1v) is 6.27. The van der Waals surface area contributed by atoms with Gasteiger partial charge in [0.15, 0.2) is 0 Å². The predicted molar refractivity (Wildman–Crippen MR) is 66.8 cm³/mol. The lowest BCUT2D eigenvalue weighted by molar-refractivity contribution is 0.0299. The van der Waals surface area contributed by atoms with Crippen LogP contribution in [0.3, 0.4) is 0 Å². The third-order valence-electron chi connectivity index (χ3n) is 3.52. The monoisotopic (exact) mass is 227 g/mol. The van der Waals surface area contributed by atoms with E-state index in [0.29, 0.717) is 18.6 Å². The Labute approximate surface area is 98.6 Å². The van der Waals surface area contributed by atoms with E-state index < -0.39 is 0 Å². The smallest absolute Gasteiger partial charge is 0.0918 e. The van der Waals surface area contributed by atoms with E-state index in [9.17, 15) is 0 Å². The number of methoxy groups -OCH3 is 1. The lowest BCUT2D eigenvalue weighted by atomic mass is 9.91. The number of ether oxygens (including phenoxy) is 1. The van der Waals surface area contributed by atoms with Crippen molar-refractivity contribution in [2.75, 3.05) is 20.2 Å².